The number of imidazole rings is 1. The standard InChI is InChI=1S/C22H26N4O5/c1-14(2)31-18-10-9-15(13-19(18)30-4)21(28)24-23-20(27)11-12-26-17-8-6-5-7-16(17)25(3)22(26)29/h5-10,13-14H,11-12H2,1-4H3,(H,23,27)(H,24,28). The van der Waals surface area contributed by atoms with E-state index >= 15 is 0 Å². The van der Waals surface area contributed by atoms with Gasteiger partial charge in [0.15, 0.2) is 11.5 Å². The van der Waals surface area contributed by atoms with Crippen molar-refractivity contribution in [2.24, 2.45) is 7.05 Å². The maximum absolute atomic E-state index is 12.4. The average Bonchev–Trinajstić information content (AvgIpc) is 3.00. The second kappa shape index (κ2) is 9.38. The predicted molar refractivity (Wildman–Crippen MR) is 116 cm³/mol. The van der Waals surface area contributed by atoms with E-state index in [1.807, 2.05) is 38.1 Å². The molecule has 2 aromatic carbocycles. The van der Waals surface area contributed by atoms with Crippen molar-refractivity contribution in [2.75, 3.05) is 7.11 Å². The first-order chi connectivity index (χ1) is 14.8. The molecule has 0 unspecified atom stereocenters. The summed E-state index contributed by atoms with van der Waals surface area (Å²) in [4.78, 5) is 37.0. The van der Waals surface area contributed by atoms with Crippen molar-refractivity contribution in [3.63, 3.8) is 0 Å². The Morgan fingerprint density at radius 1 is 1.03 bits per heavy atom. The van der Waals surface area contributed by atoms with Gasteiger partial charge in [-0.2, -0.15) is 0 Å². The van der Waals surface area contributed by atoms with E-state index in [1.165, 1.54) is 22.3 Å². The van der Waals surface area contributed by atoms with Crippen molar-refractivity contribution < 1.29 is 19.1 Å². The topological polar surface area (TPSA) is 104 Å². The summed E-state index contributed by atoms with van der Waals surface area (Å²) in [6.45, 7) is 3.97. The molecule has 2 amide bonds. The number of carbonyl (C=O) groups is 2. The van der Waals surface area contributed by atoms with Crippen molar-refractivity contribution in [3.05, 3.63) is 58.5 Å². The zero-order valence-electron chi connectivity index (χ0n) is 18.0. The van der Waals surface area contributed by atoms with Crippen LogP contribution in [0.15, 0.2) is 47.3 Å². The minimum Gasteiger partial charge on any atom is -0.493 e. The number of amides is 2. The molecule has 1 aromatic heterocycles. The summed E-state index contributed by atoms with van der Waals surface area (Å²) < 4.78 is 14.0. The molecule has 2 N–H and O–H groups in total. The number of para-hydroxylation sites is 2. The van der Waals surface area contributed by atoms with E-state index in [2.05, 4.69) is 10.9 Å². The molecular formula is C22H26N4O5. The highest BCUT2D eigenvalue weighted by atomic mass is 16.5. The van der Waals surface area contributed by atoms with Gasteiger partial charge in [-0.3, -0.25) is 29.6 Å². The van der Waals surface area contributed by atoms with Crippen molar-refractivity contribution in [1.82, 2.24) is 20.0 Å². The Morgan fingerprint density at radius 3 is 2.42 bits per heavy atom. The third kappa shape index (κ3) is 4.88. The molecule has 31 heavy (non-hydrogen) atoms. The van der Waals surface area contributed by atoms with Crippen LogP contribution in [-0.4, -0.2) is 34.2 Å². The number of nitrogens with zero attached hydrogens (tertiary/aromatic N) is 2. The number of rotatable bonds is 7. The van der Waals surface area contributed by atoms with Gasteiger partial charge in [-0.1, -0.05) is 12.1 Å². The lowest BCUT2D eigenvalue weighted by Crippen LogP contribution is -2.42. The summed E-state index contributed by atoms with van der Waals surface area (Å²) >= 11 is 0. The van der Waals surface area contributed by atoms with Crippen LogP contribution in [-0.2, 0) is 18.4 Å². The number of carbonyl (C=O) groups excluding carboxylic acids is 2. The second-order valence-electron chi connectivity index (χ2n) is 7.27. The molecule has 9 nitrogen and oxygen atoms in total. The number of benzene rings is 2. The molecule has 0 fully saturated rings. The van der Waals surface area contributed by atoms with Crippen LogP contribution in [0.3, 0.4) is 0 Å². The van der Waals surface area contributed by atoms with E-state index in [4.69, 9.17) is 9.47 Å². The monoisotopic (exact) mass is 426 g/mol. The number of aryl methyl sites for hydroxylation is 2. The normalized spacial score (nSPS) is 10.9. The van der Waals surface area contributed by atoms with Crippen LogP contribution in [0.1, 0.15) is 30.6 Å². The first-order valence-electron chi connectivity index (χ1n) is 9.90. The molecule has 9 heteroatoms. The summed E-state index contributed by atoms with van der Waals surface area (Å²) in [5.74, 6) is 0.0339. The van der Waals surface area contributed by atoms with Gasteiger partial charge in [0.2, 0.25) is 5.91 Å². The molecular weight excluding hydrogens is 400 g/mol. The zero-order chi connectivity index (χ0) is 22.5. The average molecular weight is 426 g/mol. The SMILES string of the molecule is COc1cc(C(=O)NNC(=O)CCn2c(=O)n(C)c3ccccc32)ccc1OC(C)C. The highest BCUT2D eigenvalue weighted by Gasteiger charge is 2.14. The summed E-state index contributed by atoms with van der Waals surface area (Å²) in [6.07, 6.45) is -0.0132. The second-order valence-corrected chi connectivity index (χ2v) is 7.27. The molecule has 3 rings (SSSR count). The smallest absolute Gasteiger partial charge is 0.328 e. The van der Waals surface area contributed by atoms with Gasteiger partial charge in [0.05, 0.1) is 24.2 Å². The minimum atomic E-state index is -0.495. The van der Waals surface area contributed by atoms with E-state index < -0.39 is 11.8 Å². The number of fused-ring (bicyclic) bond motifs is 1. The van der Waals surface area contributed by atoms with Gasteiger partial charge >= 0.3 is 5.69 Å². The van der Waals surface area contributed by atoms with Gasteiger partial charge in [-0.05, 0) is 44.2 Å². The Kier molecular flexibility index (Phi) is 6.64. The largest absolute Gasteiger partial charge is 0.493 e. The first kappa shape index (κ1) is 21.9. The van der Waals surface area contributed by atoms with Gasteiger partial charge in [0, 0.05) is 25.6 Å². The van der Waals surface area contributed by atoms with Gasteiger partial charge in [-0.25, -0.2) is 4.79 Å². The molecule has 3 aromatic rings. The van der Waals surface area contributed by atoms with E-state index in [-0.39, 0.29) is 24.8 Å². The lowest BCUT2D eigenvalue weighted by Gasteiger charge is -2.14. The fraction of sp³-hybridized carbons (Fsp3) is 0.318. The number of hydrogen-bond donors (Lipinski definition) is 2. The number of nitrogens with one attached hydrogen (secondary N) is 2. The summed E-state index contributed by atoms with van der Waals surface area (Å²) in [5.41, 5.74) is 6.40. The van der Waals surface area contributed by atoms with Gasteiger partial charge in [0.1, 0.15) is 0 Å². The fourth-order valence-corrected chi connectivity index (χ4v) is 3.21. The van der Waals surface area contributed by atoms with E-state index in [9.17, 15) is 14.4 Å². The lowest BCUT2D eigenvalue weighted by molar-refractivity contribution is -0.122. The molecule has 0 spiro atoms. The Morgan fingerprint density at radius 2 is 1.74 bits per heavy atom. The molecule has 1 heterocycles. The highest BCUT2D eigenvalue weighted by Crippen LogP contribution is 2.28. The van der Waals surface area contributed by atoms with Crippen molar-refractivity contribution >= 4 is 22.8 Å². The molecule has 0 saturated carbocycles. The van der Waals surface area contributed by atoms with Crippen LogP contribution in [0.5, 0.6) is 11.5 Å². The van der Waals surface area contributed by atoms with Crippen LogP contribution in [0.25, 0.3) is 11.0 Å². The molecule has 0 aliphatic rings. The third-order valence-electron chi connectivity index (χ3n) is 4.72. The van der Waals surface area contributed by atoms with Crippen LogP contribution < -0.4 is 26.0 Å². The summed E-state index contributed by atoms with van der Waals surface area (Å²) in [7, 11) is 3.18. The van der Waals surface area contributed by atoms with E-state index in [0.29, 0.717) is 17.1 Å². The highest BCUT2D eigenvalue weighted by molar-refractivity contribution is 5.96. The Labute approximate surface area is 179 Å². The zero-order valence-corrected chi connectivity index (χ0v) is 18.0. The Balaban J connectivity index is 1.60. The van der Waals surface area contributed by atoms with E-state index in [1.54, 1.807) is 19.2 Å². The number of hydrogen-bond acceptors (Lipinski definition) is 5. The predicted octanol–water partition coefficient (Wildman–Crippen LogP) is 1.99. The van der Waals surface area contributed by atoms with Crippen molar-refractivity contribution in [2.45, 2.75) is 32.9 Å². The van der Waals surface area contributed by atoms with Crippen LogP contribution >= 0.6 is 0 Å². The number of aromatic nitrogens is 2. The maximum atomic E-state index is 12.4. The van der Waals surface area contributed by atoms with Crippen LogP contribution in [0, 0.1) is 0 Å². The van der Waals surface area contributed by atoms with Crippen molar-refractivity contribution in [3.8, 4) is 11.5 Å². The Bertz CT molecular complexity index is 1160. The molecule has 164 valence electrons. The Hall–Kier alpha value is -3.75. The molecule has 0 aliphatic heterocycles. The molecule has 0 bridgehead atoms. The van der Waals surface area contributed by atoms with E-state index in [0.717, 1.165) is 11.0 Å². The fourth-order valence-electron chi connectivity index (χ4n) is 3.21. The van der Waals surface area contributed by atoms with Crippen molar-refractivity contribution in [1.29, 1.82) is 0 Å². The summed E-state index contributed by atoms with van der Waals surface area (Å²) in [6, 6.07) is 12.1. The first-order valence-corrected chi connectivity index (χ1v) is 9.90. The molecule has 0 aliphatic carbocycles. The van der Waals surface area contributed by atoms with Gasteiger partial charge in [0.25, 0.3) is 5.91 Å². The maximum Gasteiger partial charge on any atom is 0.328 e. The third-order valence-corrected chi connectivity index (χ3v) is 4.72. The molecule has 0 atom stereocenters. The molecule has 0 saturated heterocycles. The number of ether oxygens (including phenoxy) is 2. The van der Waals surface area contributed by atoms with Gasteiger partial charge in [-0.15, -0.1) is 0 Å². The van der Waals surface area contributed by atoms with Crippen LogP contribution in [0.2, 0.25) is 0 Å². The quantitative estimate of drug-likeness (QED) is 0.563. The number of methoxy groups -OCH3 is 1. The number of hydrazine groups is 1. The molecule has 0 radical (unpaired) electrons. The minimum absolute atomic E-state index is 0.0265. The lowest BCUT2D eigenvalue weighted by atomic mass is 10.2. The van der Waals surface area contributed by atoms with Crippen LogP contribution in [0.4, 0.5) is 0 Å². The van der Waals surface area contributed by atoms with Gasteiger partial charge < -0.3 is 9.47 Å². The summed E-state index contributed by atoms with van der Waals surface area (Å²) in [5, 5.41) is 0.